The van der Waals surface area contributed by atoms with Gasteiger partial charge in [0.1, 0.15) is 0 Å². The summed E-state index contributed by atoms with van der Waals surface area (Å²) < 4.78 is 1.49. The lowest BCUT2D eigenvalue weighted by Gasteiger charge is -2.04. The second kappa shape index (κ2) is 3.59. The van der Waals surface area contributed by atoms with Crippen molar-refractivity contribution in [2.45, 2.75) is 19.8 Å². The first-order chi connectivity index (χ1) is 7.50. The zero-order valence-corrected chi connectivity index (χ0v) is 9.43. The van der Waals surface area contributed by atoms with Gasteiger partial charge in [0.2, 0.25) is 0 Å². The lowest BCUT2D eigenvalue weighted by atomic mass is 10.0. The molecule has 0 aliphatic carbocycles. The Morgan fingerprint density at radius 2 is 2.19 bits per heavy atom. The molecular weight excluding hydrogens is 206 g/mol. The van der Waals surface area contributed by atoms with Crippen molar-refractivity contribution in [2.24, 2.45) is 7.05 Å². The van der Waals surface area contributed by atoms with Gasteiger partial charge in [-0.3, -0.25) is 0 Å². The third-order valence-electron chi connectivity index (χ3n) is 2.57. The minimum atomic E-state index is -1.02. The van der Waals surface area contributed by atoms with E-state index in [0.29, 0.717) is 17.0 Å². The van der Waals surface area contributed by atoms with E-state index in [2.05, 4.69) is 10.1 Å². The third-order valence-corrected chi connectivity index (χ3v) is 2.57. The monoisotopic (exact) mass is 219 g/mol. The van der Waals surface area contributed by atoms with Crippen LogP contribution in [0.15, 0.2) is 12.3 Å². The zero-order valence-electron chi connectivity index (χ0n) is 9.43. The summed E-state index contributed by atoms with van der Waals surface area (Å²) in [6, 6.07) is 1.85. The SMILES string of the molecule is CC(C)c1cnc2c(c1)c(C(=O)O)nn2C. The molecule has 0 atom stereocenters. The van der Waals surface area contributed by atoms with E-state index in [4.69, 9.17) is 5.11 Å². The Kier molecular flexibility index (Phi) is 2.38. The van der Waals surface area contributed by atoms with Crippen molar-refractivity contribution in [1.82, 2.24) is 14.8 Å². The molecule has 2 heterocycles. The lowest BCUT2D eigenvalue weighted by molar-refractivity contribution is 0.0691. The van der Waals surface area contributed by atoms with Crippen LogP contribution in [0.5, 0.6) is 0 Å². The smallest absolute Gasteiger partial charge is 0.357 e. The average molecular weight is 219 g/mol. The van der Waals surface area contributed by atoms with Crippen LogP contribution in [-0.4, -0.2) is 25.8 Å². The topological polar surface area (TPSA) is 68.0 Å². The van der Waals surface area contributed by atoms with Gasteiger partial charge in [-0.25, -0.2) is 14.5 Å². The summed E-state index contributed by atoms with van der Waals surface area (Å²) >= 11 is 0. The second-order valence-corrected chi connectivity index (χ2v) is 4.07. The molecule has 0 aliphatic rings. The number of fused-ring (bicyclic) bond motifs is 1. The highest BCUT2D eigenvalue weighted by molar-refractivity contribution is 6.00. The maximum absolute atomic E-state index is 11.0. The van der Waals surface area contributed by atoms with Crippen molar-refractivity contribution in [3.8, 4) is 0 Å². The van der Waals surface area contributed by atoms with Gasteiger partial charge < -0.3 is 5.11 Å². The minimum Gasteiger partial charge on any atom is -0.476 e. The average Bonchev–Trinajstić information content (AvgIpc) is 2.56. The molecule has 5 heteroatoms. The van der Waals surface area contributed by atoms with Gasteiger partial charge in [-0.05, 0) is 17.5 Å². The second-order valence-electron chi connectivity index (χ2n) is 4.07. The van der Waals surface area contributed by atoms with Crippen LogP contribution in [0, 0.1) is 0 Å². The number of carbonyl (C=O) groups is 1. The van der Waals surface area contributed by atoms with E-state index in [1.165, 1.54) is 4.68 Å². The molecule has 0 unspecified atom stereocenters. The van der Waals surface area contributed by atoms with Crippen LogP contribution >= 0.6 is 0 Å². The summed E-state index contributed by atoms with van der Waals surface area (Å²) in [5.74, 6) is -0.702. The lowest BCUT2D eigenvalue weighted by Crippen LogP contribution is -1.99. The van der Waals surface area contributed by atoms with Crippen LogP contribution < -0.4 is 0 Å². The van der Waals surface area contributed by atoms with Crippen molar-refractivity contribution in [1.29, 1.82) is 0 Å². The molecule has 0 amide bonds. The first-order valence-electron chi connectivity index (χ1n) is 5.06. The van der Waals surface area contributed by atoms with E-state index >= 15 is 0 Å². The molecule has 0 radical (unpaired) electrons. The van der Waals surface area contributed by atoms with Crippen LogP contribution in [0.25, 0.3) is 11.0 Å². The molecule has 0 aromatic carbocycles. The Morgan fingerprint density at radius 3 is 2.75 bits per heavy atom. The molecule has 2 aromatic heterocycles. The molecule has 84 valence electrons. The van der Waals surface area contributed by atoms with Crippen LogP contribution in [0.4, 0.5) is 0 Å². The summed E-state index contributed by atoms with van der Waals surface area (Å²) in [5.41, 5.74) is 1.68. The molecule has 0 spiro atoms. The Balaban J connectivity index is 2.74. The van der Waals surface area contributed by atoms with Crippen molar-refractivity contribution in [3.63, 3.8) is 0 Å². The van der Waals surface area contributed by atoms with Crippen molar-refractivity contribution >= 4 is 17.0 Å². The van der Waals surface area contributed by atoms with E-state index in [9.17, 15) is 4.79 Å². The highest BCUT2D eigenvalue weighted by atomic mass is 16.4. The van der Waals surface area contributed by atoms with Crippen molar-refractivity contribution in [2.75, 3.05) is 0 Å². The fourth-order valence-electron chi connectivity index (χ4n) is 1.63. The van der Waals surface area contributed by atoms with Gasteiger partial charge >= 0.3 is 5.97 Å². The first kappa shape index (κ1) is 10.6. The predicted octanol–water partition coefficient (Wildman–Crippen LogP) is 1.79. The number of aromatic nitrogens is 3. The summed E-state index contributed by atoms with van der Waals surface area (Å²) in [6.07, 6.45) is 1.76. The number of rotatable bonds is 2. The van der Waals surface area contributed by atoms with E-state index < -0.39 is 5.97 Å². The van der Waals surface area contributed by atoms with E-state index in [1.54, 1.807) is 13.2 Å². The number of pyridine rings is 1. The maximum Gasteiger partial charge on any atom is 0.357 e. The van der Waals surface area contributed by atoms with Gasteiger partial charge in [-0.1, -0.05) is 13.8 Å². The number of hydrogen-bond acceptors (Lipinski definition) is 3. The molecule has 5 nitrogen and oxygen atoms in total. The fraction of sp³-hybridized carbons (Fsp3) is 0.364. The fourth-order valence-corrected chi connectivity index (χ4v) is 1.63. The number of aryl methyl sites for hydroxylation is 1. The summed E-state index contributed by atoms with van der Waals surface area (Å²) in [7, 11) is 1.69. The third kappa shape index (κ3) is 1.54. The molecule has 0 saturated heterocycles. The van der Waals surface area contributed by atoms with Gasteiger partial charge in [-0.15, -0.1) is 0 Å². The molecule has 0 bridgehead atoms. The molecule has 0 saturated carbocycles. The molecule has 0 aliphatic heterocycles. The molecule has 0 fully saturated rings. The Bertz CT molecular complexity index is 558. The van der Waals surface area contributed by atoms with E-state index in [-0.39, 0.29) is 5.69 Å². The van der Waals surface area contributed by atoms with Crippen LogP contribution in [-0.2, 0) is 7.05 Å². The van der Waals surface area contributed by atoms with E-state index in [0.717, 1.165) is 5.56 Å². The Morgan fingerprint density at radius 1 is 1.50 bits per heavy atom. The zero-order chi connectivity index (χ0) is 11.9. The minimum absolute atomic E-state index is 0.0625. The molecule has 2 rings (SSSR count). The normalized spacial score (nSPS) is 11.2. The van der Waals surface area contributed by atoms with Gasteiger partial charge in [0.15, 0.2) is 11.3 Å². The number of carboxylic acids is 1. The predicted molar refractivity (Wildman–Crippen MR) is 59.6 cm³/mol. The van der Waals surface area contributed by atoms with Crippen LogP contribution in [0.2, 0.25) is 0 Å². The highest BCUT2D eigenvalue weighted by Crippen LogP contribution is 2.21. The maximum atomic E-state index is 11.0. The van der Waals surface area contributed by atoms with Gasteiger partial charge in [0.25, 0.3) is 0 Å². The van der Waals surface area contributed by atoms with Gasteiger partial charge in [-0.2, -0.15) is 5.10 Å². The number of nitrogens with zero attached hydrogens (tertiary/aromatic N) is 3. The van der Waals surface area contributed by atoms with Crippen LogP contribution in [0.1, 0.15) is 35.8 Å². The van der Waals surface area contributed by atoms with E-state index in [1.807, 2.05) is 19.9 Å². The molecular formula is C11H13N3O2. The number of aromatic carboxylic acids is 1. The number of carboxylic acid groups (broad SMARTS) is 1. The van der Waals surface area contributed by atoms with Gasteiger partial charge in [0.05, 0.1) is 5.39 Å². The summed E-state index contributed by atoms with van der Waals surface area (Å²) in [6.45, 7) is 4.08. The highest BCUT2D eigenvalue weighted by Gasteiger charge is 2.16. The van der Waals surface area contributed by atoms with Gasteiger partial charge in [0, 0.05) is 13.2 Å². The van der Waals surface area contributed by atoms with Crippen molar-refractivity contribution in [3.05, 3.63) is 23.5 Å². The molecule has 1 N–H and O–H groups in total. The molecule has 16 heavy (non-hydrogen) atoms. The summed E-state index contributed by atoms with van der Waals surface area (Å²) in [5, 5.41) is 13.6. The van der Waals surface area contributed by atoms with Crippen LogP contribution in [0.3, 0.4) is 0 Å². The quantitative estimate of drug-likeness (QED) is 0.836. The van der Waals surface area contributed by atoms with Crippen molar-refractivity contribution < 1.29 is 9.90 Å². The number of hydrogen-bond donors (Lipinski definition) is 1. The first-order valence-corrected chi connectivity index (χ1v) is 5.06. The largest absolute Gasteiger partial charge is 0.476 e. The Hall–Kier alpha value is -1.91. The standard InChI is InChI=1S/C11H13N3O2/c1-6(2)7-4-8-9(11(15)16)13-14(3)10(8)12-5-7/h4-6H,1-3H3,(H,15,16). The summed E-state index contributed by atoms with van der Waals surface area (Å²) in [4.78, 5) is 15.2. The Labute approximate surface area is 92.7 Å². The molecule has 2 aromatic rings.